The number of rotatable bonds is 4. The van der Waals surface area contributed by atoms with Crippen LogP contribution in [0, 0.1) is 5.92 Å². The van der Waals surface area contributed by atoms with Crippen LogP contribution in [0.1, 0.15) is 25.8 Å². The van der Waals surface area contributed by atoms with Gasteiger partial charge in [-0.1, -0.05) is 19.0 Å². The summed E-state index contributed by atoms with van der Waals surface area (Å²) in [6, 6.07) is 0. The van der Waals surface area contributed by atoms with Gasteiger partial charge in [0.2, 0.25) is 0 Å². The Morgan fingerprint density at radius 2 is 2.33 bits per heavy atom. The third-order valence-corrected chi connectivity index (χ3v) is 1.98. The molecule has 1 rings (SSSR count). The molecule has 0 spiro atoms. The van der Waals surface area contributed by atoms with E-state index in [1.54, 1.807) is 12.5 Å². The maximum atomic E-state index is 9.47. The molecule has 0 saturated heterocycles. The molecule has 0 saturated carbocycles. The molecule has 0 radical (unpaired) electrons. The summed E-state index contributed by atoms with van der Waals surface area (Å²) in [5.41, 5.74) is 1.05. The molecular weight excluding hydrogens is 154 g/mol. The SMILES string of the molecule is CC(C)C(O)CCc1cnoc1. The van der Waals surface area contributed by atoms with Crippen molar-refractivity contribution in [2.24, 2.45) is 5.92 Å². The highest BCUT2D eigenvalue weighted by atomic mass is 16.5. The Morgan fingerprint density at radius 1 is 1.58 bits per heavy atom. The van der Waals surface area contributed by atoms with Crippen LogP contribution < -0.4 is 0 Å². The van der Waals surface area contributed by atoms with Gasteiger partial charge in [0, 0.05) is 5.56 Å². The first kappa shape index (κ1) is 9.26. The topological polar surface area (TPSA) is 46.3 Å². The van der Waals surface area contributed by atoms with Gasteiger partial charge in [0.1, 0.15) is 6.26 Å². The zero-order valence-corrected chi connectivity index (χ0v) is 7.53. The first-order valence-corrected chi connectivity index (χ1v) is 4.26. The molecule has 1 aromatic rings. The number of aromatic nitrogens is 1. The minimum atomic E-state index is -0.222. The van der Waals surface area contributed by atoms with Crippen molar-refractivity contribution in [3.05, 3.63) is 18.0 Å². The van der Waals surface area contributed by atoms with Crippen molar-refractivity contribution in [3.63, 3.8) is 0 Å². The molecule has 0 aliphatic rings. The van der Waals surface area contributed by atoms with Crippen molar-refractivity contribution in [1.29, 1.82) is 0 Å². The van der Waals surface area contributed by atoms with Crippen LogP contribution in [-0.4, -0.2) is 16.4 Å². The van der Waals surface area contributed by atoms with Crippen LogP contribution >= 0.6 is 0 Å². The van der Waals surface area contributed by atoms with Crippen LogP contribution in [0.2, 0.25) is 0 Å². The smallest absolute Gasteiger partial charge is 0.126 e. The molecule has 1 heterocycles. The molecule has 0 aromatic carbocycles. The Morgan fingerprint density at radius 3 is 2.83 bits per heavy atom. The molecule has 12 heavy (non-hydrogen) atoms. The standard InChI is InChI=1S/C9H15NO2/c1-7(2)9(11)4-3-8-5-10-12-6-8/h5-7,9,11H,3-4H2,1-2H3. The summed E-state index contributed by atoms with van der Waals surface area (Å²) in [4.78, 5) is 0. The third-order valence-electron chi connectivity index (χ3n) is 1.98. The second kappa shape index (κ2) is 4.26. The summed E-state index contributed by atoms with van der Waals surface area (Å²) in [5, 5.41) is 13.1. The van der Waals surface area contributed by atoms with E-state index in [1.807, 2.05) is 13.8 Å². The van der Waals surface area contributed by atoms with Crippen LogP contribution in [0.25, 0.3) is 0 Å². The van der Waals surface area contributed by atoms with Crippen LogP contribution in [0.3, 0.4) is 0 Å². The Kier molecular flexibility index (Phi) is 3.29. The van der Waals surface area contributed by atoms with E-state index in [0.717, 1.165) is 18.4 Å². The van der Waals surface area contributed by atoms with Crippen molar-refractivity contribution in [3.8, 4) is 0 Å². The second-order valence-corrected chi connectivity index (χ2v) is 3.38. The Hall–Kier alpha value is -0.830. The molecule has 0 aliphatic carbocycles. The van der Waals surface area contributed by atoms with E-state index in [4.69, 9.17) is 0 Å². The van der Waals surface area contributed by atoms with Crippen LogP contribution in [0.4, 0.5) is 0 Å². The van der Waals surface area contributed by atoms with E-state index in [9.17, 15) is 5.11 Å². The lowest BCUT2D eigenvalue weighted by Crippen LogP contribution is -2.15. The molecule has 0 amide bonds. The summed E-state index contributed by atoms with van der Waals surface area (Å²) in [7, 11) is 0. The fourth-order valence-electron chi connectivity index (χ4n) is 0.998. The fraction of sp³-hybridized carbons (Fsp3) is 0.667. The van der Waals surface area contributed by atoms with Gasteiger partial charge in [-0.2, -0.15) is 0 Å². The largest absolute Gasteiger partial charge is 0.393 e. The average molecular weight is 169 g/mol. The van der Waals surface area contributed by atoms with E-state index < -0.39 is 0 Å². The van der Waals surface area contributed by atoms with E-state index >= 15 is 0 Å². The van der Waals surface area contributed by atoms with Gasteiger partial charge in [-0.15, -0.1) is 0 Å². The number of aliphatic hydroxyl groups is 1. The molecule has 3 nitrogen and oxygen atoms in total. The molecule has 68 valence electrons. The number of hydrogen-bond donors (Lipinski definition) is 1. The molecule has 1 aromatic heterocycles. The van der Waals surface area contributed by atoms with Crippen LogP contribution in [0.5, 0.6) is 0 Å². The van der Waals surface area contributed by atoms with Gasteiger partial charge in [-0.25, -0.2) is 0 Å². The summed E-state index contributed by atoms with van der Waals surface area (Å²) >= 11 is 0. The molecular formula is C9H15NO2. The third kappa shape index (κ3) is 2.66. The number of nitrogens with zero attached hydrogens (tertiary/aromatic N) is 1. The van der Waals surface area contributed by atoms with Crippen LogP contribution in [-0.2, 0) is 6.42 Å². The Bertz CT molecular complexity index is 206. The fourth-order valence-corrected chi connectivity index (χ4v) is 0.998. The Labute approximate surface area is 72.4 Å². The molecule has 0 fully saturated rings. The van der Waals surface area contributed by atoms with Crippen molar-refractivity contribution in [1.82, 2.24) is 5.16 Å². The number of aliphatic hydroxyl groups excluding tert-OH is 1. The normalized spacial score (nSPS) is 13.7. The molecule has 1 unspecified atom stereocenters. The minimum absolute atomic E-state index is 0.222. The summed E-state index contributed by atoms with van der Waals surface area (Å²) in [6.45, 7) is 4.02. The van der Waals surface area contributed by atoms with Gasteiger partial charge in [-0.3, -0.25) is 0 Å². The van der Waals surface area contributed by atoms with E-state index in [0.29, 0.717) is 5.92 Å². The van der Waals surface area contributed by atoms with Crippen molar-refractivity contribution < 1.29 is 9.63 Å². The monoisotopic (exact) mass is 169 g/mol. The molecule has 1 N–H and O–H groups in total. The molecule has 0 bridgehead atoms. The summed E-state index contributed by atoms with van der Waals surface area (Å²) < 4.78 is 4.68. The first-order chi connectivity index (χ1) is 5.70. The maximum absolute atomic E-state index is 9.47. The van der Waals surface area contributed by atoms with Gasteiger partial charge in [0.25, 0.3) is 0 Å². The lowest BCUT2D eigenvalue weighted by Gasteiger charge is -2.12. The van der Waals surface area contributed by atoms with Gasteiger partial charge < -0.3 is 9.63 Å². The van der Waals surface area contributed by atoms with Crippen molar-refractivity contribution >= 4 is 0 Å². The van der Waals surface area contributed by atoms with Gasteiger partial charge in [-0.05, 0) is 18.8 Å². The highest BCUT2D eigenvalue weighted by molar-refractivity contribution is 5.00. The van der Waals surface area contributed by atoms with Gasteiger partial charge in [0.15, 0.2) is 0 Å². The van der Waals surface area contributed by atoms with Crippen molar-refractivity contribution in [2.45, 2.75) is 32.8 Å². The zero-order chi connectivity index (χ0) is 8.97. The predicted octanol–water partition coefficient (Wildman–Crippen LogP) is 1.62. The predicted molar refractivity (Wildman–Crippen MR) is 45.7 cm³/mol. The van der Waals surface area contributed by atoms with Crippen LogP contribution in [0.15, 0.2) is 17.0 Å². The number of aryl methyl sites for hydroxylation is 1. The van der Waals surface area contributed by atoms with E-state index in [2.05, 4.69) is 9.68 Å². The Balaban J connectivity index is 2.27. The molecule has 1 atom stereocenters. The van der Waals surface area contributed by atoms with E-state index in [1.165, 1.54) is 0 Å². The zero-order valence-electron chi connectivity index (χ0n) is 7.53. The molecule has 0 aliphatic heterocycles. The van der Waals surface area contributed by atoms with Crippen molar-refractivity contribution in [2.75, 3.05) is 0 Å². The lowest BCUT2D eigenvalue weighted by molar-refractivity contribution is 0.116. The first-order valence-electron chi connectivity index (χ1n) is 4.26. The summed E-state index contributed by atoms with van der Waals surface area (Å²) in [6.07, 6.45) is 4.70. The maximum Gasteiger partial charge on any atom is 0.126 e. The highest BCUT2D eigenvalue weighted by Crippen LogP contribution is 2.09. The minimum Gasteiger partial charge on any atom is -0.393 e. The quantitative estimate of drug-likeness (QED) is 0.745. The highest BCUT2D eigenvalue weighted by Gasteiger charge is 2.09. The summed E-state index contributed by atoms with van der Waals surface area (Å²) in [5.74, 6) is 0.324. The molecule has 3 heteroatoms. The lowest BCUT2D eigenvalue weighted by atomic mass is 10.0. The van der Waals surface area contributed by atoms with Gasteiger partial charge in [0.05, 0.1) is 12.3 Å². The van der Waals surface area contributed by atoms with E-state index in [-0.39, 0.29) is 6.10 Å². The van der Waals surface area contributed by atoms with Gasteiger partial charge >= 0.3 is 0 Å². The number of hydrogen-bond acceptors (Lipinski definition) is 3. The second-order valence-electron chi connectivity index (χ2n) is 3.38. The average Bonchev–Trinajstić information content (AvgIpc) is 2.51.